The van der Waals surface area contributed by atoms with Gasteiger partial charge in [-0.3, -0.25) is 4.79 Å². The molecule has 0 fully saturated rings. The molecule has 1 aromatic carbocycles. The molecule has 0 saturated heterocycles. The molecular weight excluding hydrogens is 274 g/mol. The molecule has 2 rings (SSSR count). The highest BCUT2D eigenvalue weighted by atomic mass is 16.5. The van der Waals surface area contributed by atoms with E-state index in [1.165, 1.54) is 6.07 Å². The van der Waals surface area contributed by atoms with E-state index < -0.39 is 6.61 Å². The van der Waals surface area contributed by atoms with Crippen molar-refractivity contribution in [3.05, 3.63) is 57.5 Å². The van der Waals surface area contributed by atoms with E-state index in [-0.39, 0.29) is 23.5 Å². The fourth-order valence-corrected chi connectivity index (χ4v) is 1.94. The number of methoxy groups -OCH3 is 1. The van der Waals surface area contributed by atoms with Crippen molar-refractivity contribution in [3.63, 3.8) is 0 Å². The van der Waals surface area contributed by atoms with Crippen molar-refractivity contribution in [1.82, 2.24) is 4.73 Å². The van der Waals surface area contributed by atoms with E-state index >= 15 is 0 Å². The lowest BCUT2D eigenvalue weighted by molar-refractivity contribution is 0.136. The first-order chi connectivity index (χ1) is 10.1. The fraction of sp³-hybridized carbons (Fsp3) is 0.267. The summed E-state index contributed by atoms with van der Waals surface area (Å²) >= 11 is 0. The van der Waals surface area contributed by atoms with Crippen molar-refractivity contribution in [3.8, 4) is 11.5 Å². The van der Waals surface area contributed by atoms with Crippen molar-refractivity contribution < 1.29 is 19.8 Å². The van der Waals surface area contributed by atoms with E-state index in [1.807, 2.05) is 12.1 Å². The van der Waals surface area contributed by atoms with Crippen molar-refractivity contribution in [2.45, 2.75) is 20.1 Å². The highest BCUT2D eigenvalue weighted by Gasteiger charge is 2.14. The van der Waals surface area contributed by atoms with Gasteiger partial charge in [-0.05, 0) is 24.6 Å². The molecule has 2 N–H and O–H groups in total. The average Bonchev–Trinajstić information content (AvgIpc) is 2.50. The molecule has 6 heteroatoms. The van der Waals surface area contributed by atoms with Gasteiger partial charge in [-0.2, -0.15) is 4.73 Å². The Hall–Kier alpha value is -2.47. The highest BCUT2D eigenvalue weighted by Crippen LogP contribution is 2.17. The number of pyridine rings is 1. The molecule has 2 aromatic rings. The van der Waals surface area contributed by atoms with E-state index in [2.05, 4.69) is 0 Å². The molecule has 0 unspecified atom stereocenters. The third-order valence-corrected chi connectivity index (χ3v) is 3.11. The predicted molar refractivity (Wildman–Crippen MR) is 75.9 cm³/mol. The number of ether oxygens (including phenoxy) is 2. The molecule has 1 aromatic heterocycles. The second kappa shape index (κ2) is 6.32. The summed E-state index contributed by atoms with van der Waals surface area (Å²) in [4.78, 5) is 11.9. The molecular formula is C15H17NO5. The zero-order valence-electron chi connectivity index (χ0n) is 11.9. The van der Waals surface area contributed by atoms with Crippen LogP contribution < -0.4 is 14.9 Å². The van der Waals surface area contributed by atoms with Crippen molar-refractivity contribution in [2.75, 3.05) is 7.11 Å². The van der Waals surface area contributed by atoms with Crippen molar-refractivity contribution >= 4 is 0 Å². The lowest BCUT2D eigenvalue weighted by Gasteiger charge is -2.14. The summed E-state index contributed by atoms with van der Waals surface area (Å²) in [7, 11) is 1.58. The standard InChI is InChI=1S/C15H17NO5/c1-10-7-14(18)15(13(8-17)16(10)19)21-9-11-3-5-12(20-2)6-4-11/h3-7,17,19H,8-9H2,1-2H3. The zero-order chi connectivity index (χ0) is 15.4. The Balaban J connectivity index is 2.23. The first kappa shape index (κ1) is 14.9. The van der Waals surface area contributed by atoms with Gasteiger partial charge >= 0.3 is 0 Å². The summed E-state index contributed by atoms with van der Waals surface area (Å²) in [6.07, 6.45) is 0. The lowest BCUT2D eigenvalue weighted by Crippen LogP contribution is -2.18. The molecule has 0 amide bonds. The van der Waals surface area contributed by atoms with Crippen LogP contribution >= 0.6 is 0 Å². The van der Waals surface area contributed by atoms with Gasteiger partial charge in [0.25, 0.3) is 0 Å². The van der Waals surface area contributed by atoms with Gasteiger partial charge < -0.3 is 19.8 Å². The number of aliphatic hydroxyl groups excluding tert-OH is 1. The van der Waals surface area contributed by atoms with Crippen LogP contribution in [0, 0.1) is 6.92 Å². The minimum atomic E-state index is -0.495. The van der Waals surface area contributed by atoms with Crippen LogP contribution in [0.4, 0.5) is 0 Å². The van der Waals surface area contributed by atoms with Crippen LogP contribution in [0.1, 0.15) is 17.0 Å². The molecule has 6 nitrogen and oxygen atoms in total. The Labute approximate surface area is 121 Å². The number of hydrogen-bond donors (Lipinski definition) is 2. The first-order valence-electron chi connectivity index (χ1n) is 6.38. The van der Waals surface area contributed by atoms with E-state index in [1.54, 1.807) is 26.2 Å². The Morgan fingerprint density at radius 3 is 2.48 bits per heavy atom. The van der Waals surface area contributed by atoms with Crippen LogP contribution in [0.3, 0.4) is 0 Å². The maximum absolute atomic E-state index is 11.9. The first-order valence-corrected chi connectivity index (χ1v) is 6.38. The SMILES string of the molecule is COc1ccc(COc2c(CO)n(O)c(C)cc2=O)cc1. The van der Waals surface area contributed by atoms with Crippen LogP contribution in [-0.2, 0) is 13.2 Å². The molecule has 21 heavy (non-hydrogen) atoms. The summed E-state index contributed by atoms with van der Waals surface area (Å²) in [5.41, 5.74) is 0.828. The van der Waals surface area contributed by atoms with Gasteiger partial charge in [0.1, 0.15) is 18.1 Å². The van der Waals surface area contributed by atoms with E-state index in [0.717, 1.165) is 16.0 Å². The topological polar surface area (TPSA) is 80.9 Å². The molecule has 0 spiro atoms. The number of benzene rings is 1. The van der Waals surface area contributed by atoms with Crippen LogP contribution in [0.5, 0.6) is 11.5 Å². The van der Waals surface area contributed by atoms with E-state index in [0.29, 0.717) is 5.69 Å². The summed E-state index contributed by atoms with van der Waals surface area (Å²) in [6.45, 7) is 1.22. The number of aliphatic hydroxyl groups is 1. The second-order valence-electron chi connectivity index (χ2n) is 4.53. The number of aromatic nitrogens is 1. The zero-order valence-corrected chi connectivity index (χ0v) is 11.9. The number of nitrogens with zero attached hydrogens (tertiary/aromatic N) is 1. The van der Waals surface area contributed by atoms with Gasteiger partial charge in [0.15, 0.2) is 5.75 Å². The van der Waals surface area contributed by atoms with Gasteiger partial charge in [-0.15, -0.1) is 0 Å². The van der Waals surface area contributed by atoms with Gasteiger partial charge in [0, 0.05) is 6.07 Å². The molecule has 1 heterocycles. The highest BCUT2D eigenvalue weighted by molar-refractivity contribution is 5.31. The monoisotopic (exact) mass is 291 g/mol. The van der Waals surface area contributed by atoms with Gasteiger partial charge in [0.2, 0.25) is 5.43 Å². The smallest absolute Gasteiger partial charge is 0.224 e. The second-order valence-corrected chi connectivity index (χ2v) is 4.53. The normalized spacial score (nSPS) is 10.4. The number of aryl methyl sites for hydroxylation is 1. The Kier molecular flexibility index (Phi) is 4.49. The van der Waals surface area contributed by atoms with Crippen LogP contribution in [0.25, 0.3) is 0 Å². The van der Waals surface area contributed by atoms with Crippen LogP contribution in [0.15, 0.2) is 35.1 Å². The third-order valence-electron chi connectivity index (χ3n) is 3.11. The lowest BCUT2D eigenvalue weighted by atomic mass is 10.2. The average molecular weight is 291 g/mol. The predicted octanol–water partition coefficient (Wildman–Crippen LogP) is 1.47. The Morgan fingerprint density at radius 2 is 1.90 bits per heavy atom. The fourth-order valence-electron chi connectivity index (χ4n) is 1.94. The molecule has 0 aliphatic rings. The van der Waals surface area contributed by atoms with Gasteiger partial charge in [0.05, 0.1) is 19.4 Å². The van der Waals surface area contributed by atoms with Crippen LogP contribution in [0.2, 0.25) is 0 Å². The van der Waals surface area contributed by atoms with Crippen molar-refractivity contribution in [2.24, 2.45) is 0 Å². The summed E-state index contributed by atoms with van der Waals surface area (Å²) < 4.78 is 11.3. The van der Waals surface area contributed by atoms with Gasteiger partial charge in [-0.1, -0.05) is 12.1 Å². The maximum Gasteiger partial charge on any atom is 0.224 e. The van der Waals surface area contributed by atoms with E-state index in [4.69, 9.17) is 9.47 Å². The molecule has 112 valence electrons. The number of hydrogen-bond acceptors (Lipinski definition) is 5. The minimum Gasteiger partial charge on any atom is -0.497 e. The molecule has 0 bridgehead atoms. The molecule has 0 radical (unpaired) electrons. The van der Waals surface area contributed by atoms with Gasteiger partial charge in [-0.25, -0.2) is 0 Å². The largest absolute Gasteiger partial charge is 0.497 e. The molecule has 0 atom stereocenters. The third kappa shape index (κ3) is 3.17. The van der Waals surface area contributed by atoms with Crippen LogP contribution in [-0.4, -0.2) is 22.2 Å². The summed E-state index contributed by atoms with van der Waals surface area (Å²) in [5, 5.41) is 19.1. The summed E-state index contributed by atoms with van der Waals surface area (Å²) in [6, 6.07) is 8.44. The summed E-state index contributed by atoms with van der Waals surface area (Å²) in [5.74, 6) is 0.671. The number of rotatable bonds is 5. The minimum absolute atomic E-state index is 0.0357. The molecule has 0 aliphatic heterocycles. The Morgan fingerprint density at radius 1 is 1.24 bits per heavy atom. The Bertz CT molecular complexity index is 676. The maximum atomic E-state index is 11.9. The van der Waals surface area contributed by atoms with E-state index in [9.17, 15) is 15.1 Å². The quantitative estimate of drug-likeness (QED) is 0.815. The van der Waals surface area contributed by atoms with Crippen molar-refractivity contribution in [1.29, 1.82) is 0 Å². The molecule has 0 aliphatic carbocycles. The molecule has 0 saturated carbocycles.